The topological polar surface area (TPSA) is 70.2 Å². The van der Waals surface area contributed by atoms with Gasteiger partial charge in [0.1, 0.15) is 5.65 Å². The molecular weight excluding hydrogens is 280 g/mol. The van der Waals surface area contributed by atoms with E-state index in [9.17, 15) is 4.79 Å². The Morgan fingerprint density at radius 1 is 1.14 bits per heavy atom. The van der Waals surface area contributed by atoms with Crippen LogP contribution in [0, 0.1) is 0 Å². The van der Waals surface area contributed by atoms with E-state index in [2.05, 4.69) is 20.2 Å². The maximum Gasteiger partial charge on any atom is 0.249 e. The molecule has 0 aromatic carbocycles. The molecule has 118 valence electrons. The quantitative estimate of drug-likeness (QED) is 0.779. The Bertz CT molecular complexity index is 664. The van der Waals surface area contributed by atoms with Crippen molar-refractivity contribution < 1.29 is 4.74 Å². The van der Waals surface area contributed by atoms with Gasteiger partial charge in [-0.3, -0.25) is 4.79 Å². The van der Waals surface area contributed by atoms with Crippen LogP contribution in [0.5, 0.6) is 5.88 Å². The average molecular weight is 302 g/mol. The molecule has 6 heteroatoms. The molecule has 0 radical (unpaired) electrons. The first-order valence-electron chi connectivity index (χ1n) is 7.87. The first kappa shape index (κ1) is 15.0. The third-order valence-electron chi connectivity index (χ3n) is 3.89. The number of ether oxygens (including phenoxy) is 1. The van der Waals surface area contributed by atoms with Gasteiger partial charge in [-0.05, 0) is 31.5 Å². The fourth-order valence-electron chi connectivity index (χ4n) is 2.64. The number of pyridine rings is 2. The number of aromatic amines is 1. The second-order valence-electron chi connectivity index (χ2n) is 5.56. The van der Waals surface area contributed by atoms with E-state index in [4.69, 9.17) is 4.74 Å². The molecule has 0 bridgehead atoms. The van der Waals surface area contributed by atoms with Crippen molar-refractivity contribution in [3.63, 3.8) is 0 Å². The van der Waals surface area contributed by atoms with E-state index in [0.29, 0.717) is 18.1 Å². The standard InChI is InChI=1S/C16H22N4O2/c21-14-5-3-13-4-6-15(19-16(13)18-14)22-12-2-1-9-20-10-7-17-8-11-20/h3-6,17H,1-2,7-12H2,(H,18,19,21). The van der Waals surface area contributed by atoms with E-state index in [0.717, 1.165) is 51.0 Å². The summed E-state index contributed by atoms with van der Waals surface area (Å²) in [5.41, 5.74) is 0.430. The summed E-state index contributed by atoms with van der Waals surface area (Å²) < 4.78 is 5.68. The van der Waals surface area contributed by atoms with Gasteiger partial charge in [0.15, 0.2) is 0 Å². The molecule has 2 N–H and O–H groups in total. The van der Waals surface area contributed by atoms with Crippen LogP contribution in [0.2, 0.25) is 0 Å². The Morgan fingerprint density at radius 2 is 1.95 bits per heavy atom. The molecule has 1 aliphatic heterocycles. The molecule has 0 atom stereocenters. The first-order valence-corrected chi connectivity index (χ1v) is 7.87. The maximum atomic E-state index is 11.3. The summed E-state index contributed by atoms with van der Waals surface area (Å²) in [7, 11) is 0. The van der Waals surface area contributed by atoms with Gasteiger partial charge in [-0.2, -0.15) is 4.98 Å². The van der Waals surface area contributed by atoms with Gasteiger partial charge in [-0.25, -0.2) is 0 Å². The third-order valence-corrected chi connectivity index (χ3v) is 3.89. The lowest BCUT2D eigenvalue weighted by molar-refractivity contribution is 0.225. The van der Waals surface area contributed by atoms with Crippen LogP contribution >= 0.6 is 0 Å². The fourth-order valence-corrected chi connectivity index (χ4v) is 2.64. The van der Waals surface area contributed by atoms with E-state index in [1.54, 1.807) is 6.07 Å². The molecule has 0 unspecified atom stereocenters. The number of hydrogen-bond donors (Lipinski definition) is 2. The molecule has 1 saturated heterocycles. The van der Waals surface area contributed by atoms with Crippen LogP contribution in [0.4, 0.5) is 0 Å². The van der Waals surface area contributed by atoms with E-state index >= 15 is 0 Å². The van der Waals surface area contributed by atoms with Crippen molar-refractivity contribution in [2.24, 2.45) is 0 Å². The number of aromatic nitrogens is 2. The summed E-state index contributed by atoms with van der Waals surface area (Å²) in [5.74, 6) is 0.566. The van der Waals surface area contributed by atoms with Gasteiger partial charge in [0.05, 0.1) is 6.61 Å². The molecule has 6 nitrogen and oxygen atoms in total. The number of nitrogens with zero attached hydrogens (tertiary/aromatic N) is 2. The van der Waals surface area contributed by atoms with Crippen LogP contribution < -0.4 is 15.6 Å². The lowest BCUT2D eigenvalue weighted by atomic mass is 10.2. The zero-order valence-corrected chi connectivity index (χ0v) is 12.7. The van der Waals surface area contributed by atoms with Crippen molar-refractivity contribution in [3.8, 4) is 5.88 Å². The molecule has 1 aliphatic rings. The highest BCUT2D eigenvalue weighted by molar-refractivity contribution is 5.74. The van der Waals surface area contributed by atoms with Gasteiger partial charge >= 0.3 is 0 Å². The Morgan fingerprint density at radius 3 is 2.82 bits per heavy atom. The minimum atomic E-state index is -0.145. The normalized spacial score (nSPS) is 16.0. The fraction of sp³-hybridized carbons (Fsp3) is 0.500. The van der Waals surface area contributed by atoms with Gasteiger partial charge in [0.25, 0.3) is 0 Å². The summed E-state index contributed by atoms with van der Waals surface area (Å²) in [4.78, 5) is 20.8. The van der Waals surface area contributed by atoms with Crippen molar-refractivity contribution >= 4 is 11.0 Å². The third kappa shape index (κ3) is 4.05. The molecule has 3 rings (SSSR count). The minimum Gasteiger partial charge on any atom is -0.478 e. The zero-order chi connectivity index (χ0) is 15.2. The summed E-state index contributed by atoms with van der Waals surface area (Å²) >= 11 is 0. The maximum absolute atomic E-state index is 11.3. The second kappa shape index (κ2) is 7.38. The highest BCUT2D eigenvalue weighted by Crippen LogP contribution is 2.13. The van der Waals surface area contributed by atoms with Crippen molar-refractivity contribution in [2.75, 3.05) is 39.3 Å². The summed E-state index contributed by atoms with van der Waals surface area (Å²) in [6.45, 7) is 6.25. The molecule has 0 amide bonds. The minimum absolute atomic E-state index is 0.145. The monoisotopic (exact) mass is 302 g/mol. The van der Waals surface area contributed by atoms with Gasteiger partial charge in [-0.1, -0.05) is 0 Å². The van der Waals surface area contributed by atoms with E-state index in [1.165, 1.54) is 6.07 Å². The SMILES string of the molecule is O=c1ccc2ccc(OCCCCN3CCNCC3)nc2[nH]1. The van der Waals surface area contributed by atoms with Crippen molar-refractivity contribution in [1.82, 2.24) is 20.2 Å². The van der Waals surface area contributed by atoms with Crippen molar-refractivity contribution in [1.29, 1.82) is 0 Å². The Hall–Kier alpha value is -1.92. The average Bonchev–Trinajstić information content (AvgIpc) is 2.55. The number of H-pyrrole nitrogens is 1. The van der Waals surface area contributed by atoms with Crippen LogP contribution in [0.15, 0.2) is 29.1 Å². The van der Waals surface area contributed by atoms with Crippen LogP contribution in [0.3, 0.4) is 0 Å². The van der Waals surface area contributed by atoms with Crippen LogP contribution in [0.25, 0.3) is 11.0 Å². The first-order chi connectivity index (χ1) is 10.8. The van der Waals surface area contributed by atoms with E-state index in [1.807, 2.05) is 12.1 Å². The van der Waals surface area contributed by atoms with E-state index < -0.39 is 0 Å². The summed E-state index contributed by atoms with van der Waals surface area (Å²) in [5, 5.41) is 4.26. The molecule has 1 fully saturated rings. The lowest BCUT2D eigenvalue weighted by Gasteiger charge is -2.26. The highest BCUT2D eigenvalue weighted by Gasteiger charge is 2.08. The summed E-state index contributed by atoms with van der Waals surface area (Å²) in [6, 6.07) is 7.02. The molecule has 0 aliphatic carbocycles. The van der Waals surface area contributed by atoms with Gasteiger partial charge in [-0.15, -0.1) is 0 Å². The van der Waals surface area contributed by atoms with Crippen molar-refractivity contribution in [2.45, 2.75) is 12.8 Å². The number of fused-ring (bicyclic) bond motifs is 1. The molecule has 0 saturated carbocycles. The smallest absolute Gasteiger partial charge is 0.249 e. The van der Waals surface area contributed by atoms with Gasteiger partial charge < -0.3 is 19.9 Å². The number of piperazine rings is 1. The highest BCUT2D eigenvalue weighted by atomic mass is 16.5. The number of nitrogens with one attached hydrogen (secondary N) is 2. The molecule has 2 aromatic rings. The summed E-state index contributed by atoms with van der Waals surface area (Å²) in [6.07, 6.45) is 2.14. The van der Waals surface area contributed by atoms with Crippen molar-refractivity contribution in [3.05, 3.63) is 34.6 Å². The lowest BCUT2D eigenvalue weighted by Crippen LogP contribution is -2.43. The van der Waals surface area contributed by atoms with E-state index in [-0.39, 0.29) is 5.56 Å². The van der Waals surface area contributed by atoms with Crippen LogP contribution in [0.1, 0.15) is 12.8 Å². The predicted molar refractivity (Wildman–Crippen MR) is 86.4 cm³/mol. The van der Waals surface area contributed by atoms with Gasteiger partial charge in [0, 0.05) is 43.7 Å². The zero-order valence-electron chi connectivity index (χ0n) is 12.7. The number of unbranched alkanes of at least 4 members (excludes halogenated alkanes) is 1. The molecular formula is C16H22N4O2. The van der Waals surface area contributed by atoms with Gasteiger partial charge in [0.2, 0.25) is 11.4 Å². The molecule has 22 heavy (non-hydrogen) atoms. The molecule has 2 aromatic heterocycles. The Kier molecular flexibility index (Phi) is 5.03. The number of rotatable bonds is 6. The predicted octanol–water partition coefficient (Wildman–Crippen LogP) is 0.987. The number of hydrogen-bond acceptors (Lipinski definition) is 5. The molecule has 3 heterocycles. The van der Waals surface area contributed by atoms with Crippen LogP contribution in [-0.2, 0) is 0 Å². The Labute approximate surface area is 129 Å². The van der Waals surface area contributed by atoms with Crippen LogP contribution in [-0.4, -0.2) is 54.2 Å². The largest absolute Gasteiger partial charge is 0.478 e. The molecule has 0 spiro atoms. The second-order valence-corrected chi connectivity index (χ2v) is 5.56. The Balaban J connectivity index is 1.44.